The lowest BCUT2D eigenvalue weighted by Crippen LogP contribution is -2.41. The number of para-hydroxylation sites is 2. The summed E-state index contributed by atoms with van der Waals surface area (Å²) in [6.07, 6.45) is 0.740. The lowest BCUT2D eigenvalue weighted by molar-refractivity contribution is -0.119. The van der Waals surface area contributed by atoms with Crippen molar-refractivity contribution in [2.45, 2.75) is 44.7 Å². The van der Waals surface area contributed by atoms with Gasteiger partial charge in [-0.25, -0.2) is 4.98 Å². The van der Waals surface area contributed by atoms with Crippen molar-refractivity contribution in [2.75, 3.05) is 5.75 Å². The van der Waals surface area contributed by atoms with E-state index in [1.807, 2.05) is 62.4 Å². The number of nitriles is 1. The third kappa shape index (κ3) is 3.54. The van der Waals surface area contributed by atoms with Gasteiger partial charge in [-0.2, -0.15) is 5.26 Å². The fraction of sp³-hybridized carbons (Fsp3) is 0.350. The van der Waals surface area contributed by atoms with Gasteiger partial charge in [-0.3, -0.25) is 9.20 Å². The number of pyridine rings is 1. The molecular weight excluding hydrogens is 344 g/mol. The van der Waals surface area contributed by atoms with E-state index >= 15 is 0 Å². The average molecular weight is 366 g/mol. The summed E-state index contributed by atoms with van der Waals surface area (Å²) in [5, 5.41) is 13.5. The Morgan fingerprint density at radius 2 is 2.08 bits per heavy atom. The van der Waals surface area contributed by atoms with Gasteiger partial charge in [-0.05, 0) is 51.0 Å². The fourth-order valence-electron chi connectivity index (χ4n) is 2.95. The minimum Gasteiger partial charge on any atom is -0.351 e. The maximum atomic E-state index is 12.2. The highest BCUT2D eigenvalue weighted by atomic mass is 32.2. The Bertz CT molecular complexity index is 1020. The SMILES string of the molecule is CCc1cc(SCC(=O)NC(C)(C)C)n2c(nc3ccccc32)c1C#N. The van der Waals surface area contributed by atoms with E-state index in [0.29, 0.717) is 17.0 Å². The largest absolute Gasteiger partial charge is 0.351 e. The van der Waals surface area contributed by atoms with Crippen molar-refractivity contribution < 1.29 is 4.79 Å². The van der Waals surface area contributed by atoms with Crippen LogP contribution in [0.5, 0.6) is 0 Å². The van der Waals surface area contributed by atoms with E-state index in [4.69, 9.17) is 0 Å². The van der Waals surface area contributed by atoms with Gasteiger partial charge >= 0.3 is 0 Å². The van der Waals surface area contributed by atoms with Gasteiger partial charge < -0.3 is 5.32 Å². The van der Waals surface area contributed by atoms with Crippen molar-refractivity contribution >= 4 is 34.3 Å². The van der Waals surface area contributed by atoms with Gasteiger partial charge in [0.05, 0.1) is 27.4 Å². The molecule has 5 nitrogen and oxygen atoms in total. The molecule has 0 saturated heterocycles. The molecule has 0 spiro atoms. The standard InChI is InChI=1S/C20H22N4OS/c1-5-13-10-18(26-12-17(25)23-20(2,3)4)24-16-9-7-6-8-15(16)22-19(24)14(13)11-21/h6-10H,5,12H2,1-4H3,(H,23,25). The van der Waals surface area contributed by atoms with Crippen LogP contribution in [0.15, 0.2) is 35.4 Å². The Kier molecular flexibility index (Phi) is 4.92. The Balaban J connectivity index is 2.09. The number of carbonyl (C=O) groups is 1. The van der Waals surface area contributed by atoms with E-state index < -0.39 is 0 Å². The summed E-state index contributed by atoms with van der Waals surface area (Å²) in [5.74, 6) is 0.302. The highest BCUT2D eigenvalue weighted by Gasteiger charge is 2.18. The number of amides is 1. The smallest absolute Gasteiger partial charge is 0.230 e. The summed E-state index contributed by atoms with van der Waals surface area (Å²) >= 11 is 1.47. The normalized spacial score (nSPS) is 11.7. The number of hydrogen-bond acceptors (Lipinski definition) is 4. The molecule has 0 aliphatic carbocycles. The number of nitrogens with one attached hydrogen (secondary N) is 1. The fourth-order valence-corrected chi connectivity index (χ4v) is 3.84. The first kappa shape index (κ1) is 18.3. The molecule has 0 unspecified atom stereocenters. The highest BCUT2D eigenvalue weighted by Crippen LogP contribution is 2.29. The van der Waals surface area contributed by atoms with Crippen molar-refractivity contribution in [1.29, 1.82) is 5.26 Å². The van der Waals surface area contributed by atoms with E-state index in [1.54, 1.807) is 0 Å². The van der Waals surface area contributed by atoms with Gasteiger partial charge in [-0.1, -0.05) is 30.8 Å². The Hall–Kier alpha value is -2.52. The van der Waals surface area contributed by atoms with Crippen molar-refractivity contribution in [3.05, 3.63) is 41.5 Å². The number of hydrogen-bond donors (Lipinski definition) is 1. The van der Waals surface area contributed by atoms with Crippen LogP contribution < -0.4 is 5.32 Å². The number of benzene rings is 1. The number of nitrogens with zero attached hydrogens (tertiary/aromatic N) is 3. The molecule has 1 aromatic carbocycles. The van der Waals surface area contributed by atoms with Crippen LogP contribution in [0.2, 0.25) is 0 Å². The maximum Gasteiger partial charge on any atom is 0.230 e. The number of aryl methyl sites for hydroxylation is 1. The van der Waals surface area contributed by atoms with Gasteiger partial charge in [0.25, 0.3) is 0 Å². The molecular formula is C20H22N4OS. The molecule has 0 aliphatic heterocycles. The summed E-state index contributed by atoms with van der Waals surface area (Å²) in [6, 6.07) is 12.1. The van der Waals surface area contributed by atoms with Gasteiger partial charge in [0.2, 0.25) is 5.91 Å². The number of carbonyl (C=O) groups excluding carboxylic acids is 1. The quantitative estimate of drug-likeness (QED) is 0.710. The summed E-state index contributed by atoms with van der Waals surface area (Å²) in [4.78, 5) is 16.9. The third-order valence-electron chi connectivity index (χ3n) is 3.98. The summed E-state index contributed by atoms with van der Waals surface area (Å²) in [6.45, 7) is 7.92. The number of fused-ring (bicyclic) bond motifs is 3. The highest BCUT2D eigenvalue weighted by molar-refractivity contribution is 7.99. The van der Waals surface area contributed by atoms with Crippen LogP contribution in [0.3, 0.4) is 0 Å². The second-order valence-electron chi connectivity index (χ2n) is 7.19. The predicted molar refractivity (Wildman–Crippen MR) is 105 cm³/mol. The minimum absolute atomic E-state index is 0.0116. The van der Waals surface area contributed by atoms with Crippen LogP contribution in [0, 0.1) is 11.3 Å². The lowest BCUT2D eigenvalue weighted by atomic mass is 10.1. The molecule has 0 radical (unpaired) electrons. The van der Waals surface area contributed by atoms with Crippen molar-refractivity contribution in [3.8, 4) is 6.07 Å². The molecule has 0 bridgehead atoms. The van der Waals surface area contributed by atoms with Gasteiger partial charge in [-0.15, -0.1) is 0 Å². The van der Waals surface area contributed by atoms with Crippen LogP contribution >= 0.6 is 11.8 Å². The number of aromatic nitrogens is 2. The molecule has 0 atom stereocenters. The monoisotopic (exact) mass is 366 g/mol. The molecule has 0 saturated carbocycles. The molecule has 1 N–H and O–H groups in total. The zero-order valence-corrected chi connectivity index (χ0v) is 16.3. The Labute approximate surface area is 157 Å². The van der Waals surface area contributed by atoms with Crippen LogP contribution in [0.4, 0.5) is 0 Å². The van der Waals surface area contributed by atoms with E-state index in [2.05, 4.69) is 16.4 Å². The molecule has 6 heteroatoms. The first-order valence-corrected chi connectivity index (χ1v) is 9.59. The number of imidazole rings is 1. The molecule has 2 aromatic heterocycles. The van der Waals surface area contributed by atoms with Crippen LogP contribution in [0.1, 0.15) is 38.8 Å². The molecule has 0 fully saturated rings. The van der Waals surface area contributed by atoms with E-state index in [-0.39, 0.29) is 11.4 Å². The molecule has 0 aliphatic rings. The molecule has 1 amide bonds. The van der Waals surface area contributed by atoms with Gasteiger partial charge in [0.1, 0.15) is 6.07 Å². The summed E-state index contributed by atoms with van der Waals surface area (Å²) < 4.78 is 1.99. The first-order valence-electron chi connectivity index (χ1n) is 8.61. The van der Waals surface area contributed by atoms with Crippen LogP contribution in [0.25, 0.3) is 16.7 Å². The predicted octanol–water partition coefficient (Wildman–Crippen LogP) is 3.93. The summed E-state index contributed by atoms with van der Waals surface area (Å²) in [7, 11) is 0. The zero-order chi connectivity index (χ0) is 18.9. The van der Waals surface area contributed by atoms with Crippen molar-refractivity contribution in [1.82, 2.24) is 14.7 Å². The maximum absolute atomic E-state index is 12.2. The lowest BCUT2D eigenvalue weighted by Gasteiger charge is -2.20. The molecule has 26 heavy (non-hydrogen) atoms. The van der Waals surface area contributed by atoms with Crippen molar-refractivity contribution in [3.63, 3.8) is 0 Å². The van der Waals surface area contributed by atoms with Crippen LogP contribution in [-0.2, 0) is 11.2 Å². The Morgan fingerprint density at radius 3 is 2.73 bits per heavy atom. The third-order valence-corrected chi connectivity index (χ3v) is 4.98. The van der Waals surface area contributed by atoms with E-state index in [1.165, 1.54) is 11.8 Å². The second-order valence-corrected chi connectivity index (χ2v) is 8.19. The van der Waals surface area contributed by atoms with Gasteiger partial charge in [0, 0.05) is 5.54 Å². The molecule has 134 valence electrons. The zero-order valence-electron chi connectivity index (χ0n) is 15.5. The Morgan fingerprint density at radius 1 is 1.35 bits per heavy atom. The van der Waals surface area contributed by atoms with Crippen molar-refractivity contribution in [2.24, 2.45) is 0 Å². The molecule has 3 rings (SSSR count). The van der Waals surface area contributed by atoms with Gasteiger partial charge in [0.15, 0.2) is 5.65 Å². The molecule has 3 aromatic rings. The number of thioether (sulfide) groups is 1. The van der Waals surface area contributed by atoms with Crippen LogP contribution in [-0.4, -0.2) is 26.6 Å². The van der Waals surface area contributed by atoms with E-state index in [9.17, 15) is 10.1 Å². The average Bonchev–Trinajstić information content (AvgIpc) is 2.97. The van der Waals surface area contributed by atoms with E-state index in [0.717, 1.165) is 28.0 Å². The number of rotatable bonds is 4. The first-order chi connectivity index (χ1) is 12.3. The summed E-state index contributed by atoms with van der Waals surface area (Å²) in [5.41, 5.74) is 3.75. The second kappa shape index (κ2) is 7.00. The topological polar surface area (TPSA) is 70.2 Å². The molecule has 2 heterocycles. The minimum atomic E-state index is -0.256.